The molecule has 1 aromatic carbocycles. The zero-order valence-corrected chi connectivity index (χ0v) is 11.2. The molecule has 0 bridgehead atoms. The van der Waals surface area contributed by atoms with E-state index < -0.39 is 5.69 Å². The van der Waals surface area contributed by atoms with Crippen molar-refractivity contribution >= 4 is 5.82 Å². The zero-order chi connectivity index (χ0) is 14.0. The van der Waals surface area contributed by atoms with Crippen LogP contribution >= 0.6 is 0 Å². The predicted octanol–water partition coefficient (Wildman–Crippen LogP) is 2.15. The average Bonchev–Trinajstić information content (AvgIpc) is 2.38. The molecule has 5 nitrogen and oxygen atoms in total. The highest BCUT2D eigenvalue weighted by Gasteiger charge is 2.11. The predicted molar refractivity (Wildman–Crippen MR) is 75.3 cm³/mol. The van der Waals surface area contributed by atoms with Crippen molar-refractivity contribution in [1.29, 1.82) is 0 Å². The molecule has 0 aliphatic rings. The summed E-state index contributed by atoms with van der Waals surface area (Å²) in [5.41, 5.74) is 8.09. The van der Waals surface area contributed by atoms with Gasteiger partial charge in [-0.1, -0.05) is 19.9 Å². The lowest BCUT2D eigenvalue weighted by Crippen LogP contribution is -2.12. The SMILES string of the molecule is COc1ccc(-c2cnc(=O)[nH]c2N)cc1C(C)C. The number of nitrogen functional groups attached to an aromatic ring is 1. The van der Waals surface area contributed by atoms with Gasteiger partial charge < -0.3 is 10.5 Å². The maximum Gasteiger partial charge on any atom is 0.346 e. The van der Waals surface area contributed by atoms with Gasteiger partial charge >= 0.3 is 5.69 Å². The van der Waals surface area contributed by atoms with Gasteiger partial charge in [0.15, 0.2) is 0 Å². The van der Waals surface area contributed by atoms with Crippen molar-refractivity contribution in [1.82, 2.24) is 9.97 Å². The number of H-pyrrole nitrogens is 1. The maximum atomic E-state index is 11.1. The molecule has 2 rings (SSSR count). The Morgan fingerprint density at radius 3 is 2.68 bits per heavy atom. The van der Waals surface area contributed by atoms with Crippen molar-refractivity contribution in [3.8, 4) is 16.9 Å². The van der Waals surface area contributed by atoms with Gasteiger partial charge in [-0.15, -0.1) is 0 Å². The van der Waals surface area contributed by atoms with Crippen molar-refractivity contribution < 1.29 is 4.74 Å². The fourth-order valence-corrected chi connectivity index (χ4v) is 1.99. The molecule has 0 aliphatic carbocycles. The molecule has 1 aromatic heterocycles. The summed E-state index contributed by atoms with van der Waals surface area (Å²) in [6.07, 6.45) is 1.49. The van der Waals surface area contributed by atoms with Crippen molar-refractivity contribution in [2.75, 3.05) is 12.8 Å². The number of benzene rings is 1. The minimum Gasteiger partial charge on any atom is -0.496 e. The molecule has 0 saturated heterocycles. The number of hydrogen-bond donors (Lipinski definition) is 2. The van der Waals surface area contributed by atoms with Gasteiger partial charge in [0.05, 0.1) is 7.11 Å². The third-order valence-corrected chi connectivity index (χ3v) is 3.01. The second kappa shape index (κ2) is 5.14. The number of rotatable bonds is 3. The smallest absolute Gasteiger partial charge is 0.346 e. The van der Waals surface area contributed by atoms with E-state index in [4.69, 9.17) is 10.5 Å². The molecule has 0 unspecified atom stereocenters. The standard InChI is InChI=1S/C14H17N3O2/c1-8(2)10-6-9(4-5-12(10)19-3)11-7-16-14(18)17-13(11)15/h4-8H,1-3H3,(H3,15,16,17,18). The van der Waals surface area contributed by atoms with Crippen molar-refractivity contribution in [3.63, 3.8) is 0 Å². The van der Waals surface area contributed by atoms with Crippen LogP contribution in [0, 0.1) is 0 Å². The summed E-state index contributed by atoms with van der Waals surface area (Å²) in [5.74, 6) is 1.49. The molecular weight excluding hydrogens is 242 g/mol. The van der Waals surface area contributed by atoms with E-state index in [1.165, 1.54) is 6.20 Å². The van der Waals surface area contributed by atoms with Crippen molar-refractivity contribution in [2.24, 2.45) is 0 Å². The topological polar surface area (TPSA) is 81.0 Å². The van der Waals surface area contributed by atoms with Crippen LogP contribution in [0.25, 0.3) is 11.1 Å². The van der Waals surface area contributed by atoms with E-state index in [2.05, 4.69) is 23.8 Å². The normalized spacial score (nSPS) is 10.7. The summed E-state index contributed by atoms with van der Waals surface area (Å²) in [6, 6.07) is 5.81. The Hall–Kier alpha value is -2.30. The first-order valence-corrected chi connectivity index (χ1v) is 6.06. The van der Waals surface area contributed by atoms with Gasteiger partial charge in [-0.3, -0.25) is 4.98 Å². The molecule has 1 heterocycles. The maximum absolute atomic E-state index is 11.1. The number of aromatic nitrogens is 2. The molecule has 5 heteroatoms. The zero-order valence-electron chi connectivity index (χ0n) is 11.2. The summed E-state index contributed by atoms with van der Waals surface area (Å²) in [7, 11) is 1.65. The number of ether oxygens (including phenoxy) is 1. The van der Waals surface area contributed by atoms with E-state index >= 15 is 0 Å². The van der Waals surface area contributed by atoms with Crippen LogP contribution in [0.2, 0.25) is 0 Å². The van der Waals surface area contributed by atoms with Crippen LogP contribution in [0.1, 0.15) is 25.3 Å². The molecule has 0 fully saturated rings. The molecule has 19 heavy (non-hydrogen) atoms. The van der Waals surface area contributed by atoms with E-state index in [1.807, 2.05) is 18.2 Å². The van der Waals surface area contributed by atoms with Crippen LogP contribution in [-0.4, -0.2) is 17.1 Å². The monoisotopic (exact) mass is 259 g/mol. The Labute approximate surface area is 111 Å². The van der Waals surface area contributed by atoms with E-state index in [0.29, 0.717) is 17.3 Å². The summed E-state index contributed by atoms with van der Waals surface area (Å²) in [6.45, 7) is 4.19. The third-order valence-electron chi connectivity index (χ3n) is 3.01. The fourth-order valence-electron chi connectivity index (χ4n) is 1.99. The van der Waals surface area contributed by atoms with Crippen LogP contribution in [0.15, 0.2) is 29.2 Å². The third kappa shape index (κ3) is 2.59. The van der Waals surface area contributed by atoms with E-state index in [1.54, 1.807) is 7.11 Å². The van der Waals surface area contributed by atoms with Gasteiger partial charge in [0.2, 0.25) is 0 Å². The number of nitrogens with one attached hydrogen (secondary N) is 1. The van der Waals surface area contributed by atoms with Crippen molar-refractivity contribution in [3.05, 3.63) is 40.4 Å². The molecule has 100 valence electrons. The highest BCUT2D eigenvalue weighted by molar-refractivity contribution is 5.74. The van der Waals surface area contributed by atoms with E-state index in [-0.39, 0.29) is 0 Å². The summed E-state index contributed by atoms with van der Waals surface area (Å²) in [5, 5.41) is 0. The van der Waals surface area contributed by atoms with Gasteiger partial charge in [-0.2, -0.15) is 0 Å². The Kier molecular flexibility index (Phi) is 3.55. The largest absolute Gasteiger partial charge is 0.496 e. The highest BCUT2D eigenvalue weighted by Crippen LogP contribution is 2.32. The lowest BCUT2D eigenvalue weighted by molar-refractivity contribution is 0.407. The van der Waals surface area contributed by atoms with Gasteiger partial charge in [0.1, 0.15) is 11.6 Å². The minimum absolute atomic E-state index is 0.319. The molecule has 2 aromatic rings. The Morgan fingerprint density at radius 2 is 2.11 bits per heavy atom. The van der Waals surface area contributed by atoms with Crippen LogP contribution in [-0.2, 0) is 0 Å². The molecule has 0 amide bonds. The number of nitrogens with zero attached hydrogens (tertiary/aromatic N) is 1. The molecule has 3 N–H and O–H groups in total. The summed E-state index contributed by atoms with van der Waals surface area (Å²) < 4.78 is 5.34. The Balaban J connectivity index is 2.57. The van der Waals surface area contributed by atoms with E-state index in [0.717, 1.165) is 16.9 Å². The second-order valence-corrected chi connectivity index (χ2v) is 4.63. The number of hydrogen-bond acceptors (Lipinski definition) is 4. The number of aromatic amines is 1. The van der Waals surface area contributed by atoms with Gasteiger partial charge in [0.25, 0.3) is 0 Å². The number of nitrogens with two attached hydrogens (primary N) is 1. The van der Waals surface area contributed by atoms with Crippen molar-refractivity contribution in [2.45, 2.75) is 19.8 Å². The van der Waals surface area contributed by atoms with Crippen LogP contribution in [0.5, 0.6) is 5.75 Å². The lowest BCUT2D eigenvalue weighted by Gasteiger charge is -2.14. The second-order valence-electron chi connectivity index (χ2n) is 4.63. The van der Waals surface area contributed by atoms with Gasteiger partial charge in [-0.25, -0.2) is 9.78 Å². The number of anilines is 1. The molecule has 0 radical (unpaired) electrons. The Bertz CT molecular complexity index is 647. The van der Waals surface area contributed by atoms with Crippen LogP contribution in [0.3, 0.4) is 0 Å². The van der Waals surface area contributed by atoms with Crippen LogP contribution in [0.4, 0.5) is 5.82 Å². The first kappa shape index (κ1) is 13.1. The van der Waals surface area contributed by atoms with Crippen LogP contribution < -0.4 is 16.2 Å². The molecule has 0 saturated carbocycles. The first-order chi connectivity index (χ1) is 9.02. The van der Waals surface area contributed by atoms with Gasteiger partial charge in [-0.05, 0) is 29.2 Å². The summed E-state index contributed by atoms with van der Waals surface area (Å²) >= 11 is 0. The first-order valence-electron chi connectivity index (χ1n) is 6.06. The number of methoxy groups -OCH3 is 1. The minimum atomic E-state index is -0.446. The lowest BCUT2D eigenvalue weighted by atomic mass is 9.97. The molecule has 0 aliphatic heterocycles. The molecule has 0 spiro atoms. The quantitative estimate of drug-likeness (QED) is 0.885. The summed E-state index contributed by atoms with van der Waals surface area (Å²) in [4.78, 5) is 17.3. The average molecular weight is 259 g/mol. The highest BCUT2D eigenvalue weighted by atomic mass is 16.5. The molecular formula is C14H17N3O2. The molecule has 0 atom stereocenters. The Morgan fingerprint density at radius 1 is 1.37 bits per heavy atom. The van der Waals surface area contributed by atoms with E-state index in [9.17, 15) is 4.79 Å². The van der Waals surface area contributed by atoms with Gasteiger partial charge in [0, 0.05) is 11.8 Å². The fraction of sp³-hybridized carbons (Fsp3) is 0.286.